The summed E-state index contributed by atoms with van der Waals surface area (Å²) in [4.78, 5) is 20.9. The summed E-state index contributed by atoms with van der Waals surface area (Å²) in [5.41, 5.74) is 0. The maximum atomic E-state index is 10.5. The average Bonchev–Trinajstić information content (AvgIpc) is 3.04. The molecular weight excluding hydrogens is 284 g/mol. The predicted molar refractivity (Wildman–Crippen MR) is 86.5 cm³/mol. The van der Waals surface area contributed by atoms with Crippen LogP contribution in [0.2, 0.25) is 0 Å². The Kier molecular flexibility index (Phi) is 6.81. The minimum atomic E-state index is -0.705. The van der Waals surface area contributed by atoms with Crippen LogP contribution in [0.1, 0.15) is 57.8 Å². The minimum absolute atomic E-state index is 0.267. The molecule has 0 radical (unpaired) electrons. The van der Waals surface area contributed by atoms with Crippen molar-refractivity contribution < 1.29 is 14.7 Å². The lowest BCUT2D eigenvalue weighted by Crippen LogP contribution is -2.26. The smallest absolute Gasteiger partial charge is 0.303 e. The second kappa shape index (κ2) is 8.62. The summed E-state index contributed by atoms with van der Waals surface area (Å²) in [5, 5.41) is 10.2. The van der Waals surface area contributed by atoms with E-state index >= 15 is 0 Å². The SMILES string of the molecule is O=CCCC[C@H]1[C@@H](CC=CCCCC(=O)O)[C@H]2CC[C@@H]1S2. The summed E-state index contributed by atoms with van der Waals surface area (Å²) in [5.74, 6) is 0.858. The molecule has 2 heterocycles. The molecule has 0 aliphatic carbocycles. The molecule has 4 heteroatoms. The Hall–Kier alpha value is -0.770. The third kappa shape index (κ3) is 4.87. The quantitative estimate of drug-likeness (QED) is 0.375. The van der Waals surface area contributed by atoms with Crippen molar-refractivity contribution in [2.24, 2.45) is 11.8 Å². The Morgan fingerprint density at radius 2 is 1.86 bits per heavy atom. The van der Waals surface area contributed by atoms with Crippen LogP contribution in [0, 0.1) is 11.8 Å². The number of carboxylic acid groups (broad SMARTS) is 1. The highest BCUT2D eigenvalue weighted by Crippen LogP contribution is 2.55. The second-order valence-corrected chi connectivity index (χ2v) is 7.69. The maximum Gasteiger partial charge on any atom is 0.303 e. The Bertz CT molecular complexity index is 380. The summed E-state index contributed by atoms with van der Waals surface area (Å²) >= 11 is 2.18. The Morgan fingerprint density at radius 3 is 2.57 bits per heavy atom. The number of carbonyl (C=O) groups excluding carboxylic acids is 1. The van der Waals surface area contributed by atoms with Gasteiger partial charge in [0.2, 0.25) is 0 Å². The van der Waals surface area contributed by atoms with Crippen LogP contribution in [-0.2, 0) is 9.59 Å². The highest BCUT2D eigenvalue weighted by Gasteiger charge is 2.46. The number of allylic oxidation sites excluding steroid dienone is 2. The lowest BCUT2D eigenvalue weighted by molar-refractivity contribution is -0.137. The van der Waals surface area contributed by atoms with Gasteiger partial charge in [0, 0.05) is 23.3 Å². The van der Waals surface area contributed by atoms with Gasteiger partial charge in [-0.2, -0.15) is 11.8 Å². The number of unbranched alkanes of at least 4 members (excludes halogenated alkanes) is 2. The number of carbonyl (C=O) groups is 2. The van der Waals surface area contributed by atoms with Crippen molar-refractivity contribution in [1.29, 1.82) is 0 Å². The molecule has 0 spiro atoms. The van der Waals surface area contributed by atoms with Gasteiger partial charge in [0.1, 0.15) is 6.29 Å². The first-order chi connectivity index (χ1) is 10.2. The van der Waals surface area contributed by atoms with Gasteiger partial charge in [-0.3, -0.25) is 4.79 Å². The first-order valence-corrected chi connectivity index (χ1v) is 9.12. The van der Waals surface area contributed by atoms with Gasteiger partial charge in [-0.1, -0.05) is 12.2 Å². The van der Waals surface area contributed by atoms with Gasteiger partial charge >= 0.3 is 5.97 Å². The summed E-state index contributed by atoms with van der Waals surface area (Å²) in [6, 6.07) is 0. The van der Waals surface area contributed by atoms with Gasteiger partial charge in [-0.05, 0) is 56.8 Å². The number of thioether (sulfide) groups is 1. The molecule has 0 aromatic rings. The fourth-order valence-corrected chi connectivity index (χ4v) is 5.82. The molecule has 2 saturated heterocycles. The van der Waals surface area contributed by atoms with E-state index < -0.39 is 5.97 Å². The van der Waals surface area contributed by atoms with Gasteiger partial charge < -0.3 is 9.90 Å². The van der Waals surface area contributed by atoms with Crippen molar-refractivity contribution in [2.75, 3.05) is 0 Å². The van der Waals surface area contributed by atoms with Gasteiger partial charge in [0.05, 0.1) is 0 Å². The number of hydrogen-bond donors (Lipinski definition) is 1. The topological polar surface area (TPSA) is 54.4 Å². The van der Waals surface area contributed by atoms with E-state index in [1.807, 2.05) is 0 Å². The fraction of sp³-hybridized carbons (Fsp3) is 0.765. The zero-order valence-electron chi connectivity index (χ0n) is 12.6. The molecule has 4 atom stereocenters. The number of rotatable bonds is 10. The van der Waals surface area contributed by atoms with E-state index in [9.17, 15) is 9.59 Å². The molecule has 0 aromatic carbocycles. The fourth-order valence-electron chi connectivity index (χ4n) is 3.78. The van der Waals surface area contributed by atoms with Crippen LogP contribution < -0.4 is 0 Å². The Balaban J connectivity index is 1.73. The predicted octanol–water partition coefficient (Wildman–Crippen LogP) is 4.07. The molecule has 2 aliphatic rings. The number of hydrogen-bond acceptors (Lipinski definition) is 3. The van der Waals surface area contributed by atoms with Crippen LogP contribution in [0.4, 0.5) is 0 Å². The minimum Gasteiger partial charge on any atom is -0.481 e. The average molecular weight is 310 g/mol. The van der Waals surface area contributed by atoms with Crippen molar-refractivity contribution in [3.8, 4) is 0 Å². The van der Waals surface area contributed by atoms with E-state index in [1.54, 1.807) is 0 Å². The second-order valence-electron chi connectivity index (χ2n) is 6.21. The van der Waals surface area contributed by atoms with Crippen LogP contribution in [0.15, 0.2) is 12.2 Å². The lowest BCUT2D eigenvalue weighted by Gasteiger charge is -2.29. The normalized spacial score (nSPS) is 31.0. The molecule has 3 nitrogen and oxygen atoms in total. The van der Waals surface area contributed by atoms with Crippen LogP contribution in [0.3, 0.4) is 0 Å². The molecular formula is C17H26O3S. The lowest BCUT2D eigenvalue weighted by atomic mass is 9.75. The zero-order chi connectivity index (χ0) is 15.1. The molecule has 2 aliphatic heterocycles. The van der Waals surface area contributed by atoms with Crippen molar-refractivity contribution in [3.05, 3.63) is 12.2 Å². The van der Waals surface area contributed by atoms with E-state index in [1.165, 1.54) is 19.3 Å². The number of fused-ring (bicyclic) bond motifs is 2. The van der Waals surface area contributed by atoms with Crippen LogP contribution in [-0.4, -0.2) is 27.9 Å². The molecule has 21 heavy (non-hydrogen) atoms. The first kappa shape index (κ1) is 16.6. The van der Waals surface area contributed by atoms with Crippen molar-refractivity contribution in [2.45, 2.75) is 68.3 Å². The van der Waals surface area contributed by atoms with Crippen molar-refractivity contribution >= 4 is 24.0 Å². The molecule has 0 amide bonds. The third-order valence-electron chi connectivity index (χ3n) is 4.79. The molecule has 2 bridgehead atoms. The van der Waals surface area contributed by atoms with Gasteiger partial charge in [-0.15, -0.1) is 0 Å². The monoisotopic (exact) mass is 310 g/mol. The molecule has 1 N–H and O–H groups in total. The summed E-state index contributed by atoms with van der Waals surface area (Å²) in [7, 11) is 0. The third-order valence-corrected chi connectivity index (χ3v) is 6.66. The molecule has 0 aromatic heterocycles. The Morgan fingerprint density at radius 1 is 1.10 bits per heavy atom. The van der Waals surface area contributed by atoms with E-state index in [2.05, 4.69) is 23.9 Å². The van der Waals surface area contributed by atoms with Crippen molar-refractivity contribution in [1.82, 2.24) is 0 Å². The van der Waals surface area contributed by atoms with E-state index in [-0.39, 0.29) is 6.42 Å². The molecule has 0 saturated carbocycles. The van der Waals surface area contributed by atoms with Crippen LogP contribution in [0.25, 0.3) is 0 Å². The van der Waals surface area contributed by atoms with E-state index in [0.29, 0.717) is 6.42 Å². The molecule has 2 rings (SSSR count). The van der Waals surface area contributed by atoms with Gasteiger partial charge in [-0.25, -0.2) is 0 Å². The van der Waals surface area contributed by atoms with Gasteiger partial charge in [0.15, 0.2) is 0 Å². The van der Waals surface area contributed by atoms with Crippen LogP contribution >= 0.6 is 11.8 Å². The van der Waals surface area contributed by atoms with Crippen LogP contribution in [0.5, 0.6) is 0 Å². The Labute approximate surface area is 131 Å². The standard InChI is InChI=1S/C17H26O3S/c18-12-6-5-8-14-13(15-10-11-16(14)21-15)7-3-1-2-4-9-17(19)20/h1,3,12-16H,2,4-11H2,(H,19,20)/t13-,14+,15-,16+/m1/s1. The van der Waals surface area contributed by atoms with Crippen molar-refractivity contribution in [3.63, 3.8) is 0 Å². The highest BCUT2D eigenvalue weighted by atomic mass is 32.2. The van der Waals surface area contributed by atoms with E-state index in [0.717, 1.165) is 54.3 Å². The number of aliphatic carboxylic acids is 1. The summed E-state index contributed by atoms with van der Waals surface area (Å²) in [6.45, 7) is 0. The largest absolute Gasteiger partial charge is 0.481 e. The highest BCUT2D eigenvalue weighted by molar-refractivity contribution is 8.01. The van der Waals surface area contributed by atoms with Gasteiger partial charge in [0.25, 0.3) is 0 Å². The maximum absolute atomic E-state index is 10.5. The number of carboxylic acids is 1. The molecule has 2 fully saturated rings. The first-order valence-electron chi connectivity index (χ1n) is 8.18. The van der Waals surface area contributed by atoms with E-state index in [4.69, 9.17) is 5.11 Å². The zero-order valence-corrected chi connectivity index (χ0v) is 13.4. The molecule has 118 valence electrons. The number of aldehydes is 1. The summed E-state index contributed by atoms with van der Waals surface area (Å²) < 4.78 is 0. The molecule has 0 unspecified atom stereocenters. The summed E-state index contributed by atoms with van der Waals surface area (Å²) in [6.07, 6.45) is 14.1.